The Morgan fingerprint density at radius 3 is 2.13 bits per heavy atom. The minimum atomic E-state index is 0.418. The standard InChI is InChI=1S/C14H19Cl/c1-11-6-12(2)8-13(7-11)9-14(10-15)4-3-5-14/h6-8H,3-5,9-10H2,1-2H3. The van der Waals surface area contributed by atoms with Gasteiger partial charge in [-0.1, -0.05) is 35.7 Å². The number of aryl methyl sites for hydroxylation is 2. The van der Waals surface area contributed by atoms with Gasteiger partial charge in [0.1, 0.15) is 0 Å². The Morgan fingerprint density at radius 1 is 1.13 bits per heavy atom. The van der Waals surface area contributed by atoms with Gasteiger partial charge in [0.2, 0.25) is 0 Å². The first kappa shape index (κ1) is 11.0. The second kappa shape index (κ2) is 4.17. The Balaban J connectivity index is 2.16. The van der Waals surface area contributed by atoms with Gasteiger partial charge in [-0.15, -0.1) is 11.6 Å². The smallest absolute Gasteiger partial charge is 0.0283 e. The van der Waals surface area contributed by atoms with Crippen molar-refractivity contribution in [2.24, 2.45) is 5.41 Å². The summed E-state index contributed by atoms with van der Waals surface area (Å²) in [5.41, 5.74) is 4.62. The van der Waals surface area contributed by atoms with Crippen molar-refractivity contribution in [2.75, 3.05) is 5.88 Å². The maximum Gasteiger partial charge on any atom is 0.0283 e. The van der Waals surface area contributed by atoms with Crippen molar-refractivity contribution in [1.29, 1.82) is 0 Å². The van der Waals surface area contributed by atoms with E-state index in [0.29, 0.717) is 5.41 Å². The Hall–Kier alpha value is -0.490. The summed E-state index contributed by atoms with van der Waals surface area (Å²) in [6, 6.07) is 6.84. The van der Waals surface area contributed by atoms with Crippen LogP contribution in [-0.2, 0) is 6.42 Å². The van der Waals surface area contributed by atoms with Crippen molar-refractivity contribution in [3.05, 3.63) is 34.9 Å². The number of alkyl halides is 1. The average molecular weight is 223 g/mol. The van der Waals surface area contributed by atoms with E-state index in [1.807, 2.05) is 0 Å². The van der Waals surface area contributed by atoms with Crippen LogP contribution >= 0.6 is 11.6 Å². The third-order valence-corrected chi connectivity index (χ3v) is 4.13. The molecule has 0 bridgehead atoms. The van der Waals surface area contributed by atoms with Crippen molar-refractivity contribution in [1.82, 2.24) is 0 Å². The lowest BCUT2D eigenvalue weighted by Gasteiger charge is -2.40. The number of halogens is 1. The van der Waals surface area contributed by atoms with Crippen LogP contribution < -0.4 is 0 Å². The van der Waals surface area contributed by atoms with Gasteiger partial charge < -0.3 is 0 Å². The van der Waals surface area contributed by atoms with E-state index in [1.54, 1.807) is 0 Å². The van der Waals surface area contributed by atoms with Crippen molar-refractivity contribution in [2.45, 2.75) is 39.5 Å². The Labute approximate surface area is 97.6 Å². The van der Waals surface area contributed by atoms with Crippen LogP contribution in [0.15, 0.2) is 18.2 Å². The fourth-order valence-corrected chi connectivity index (χ4v) is 3.00. The van der Waals surface area contributed by atoms with Gasteiger partial charge in [0.05, 0.1) is 0 Å². The van der Waals surface area contributed by atoms with Crippen molar-refractivity contribution in [3.63, 3.8) is 0 Å². The first-order valence-electron chi connectivity index (χ1n) is 5.77. The van der Waals surface area contributed by atoms with Gasteiger partial charge in [-0.05, 0) is 44.1 Å². The van der Waals surface area contributed by atoms with Crippen molar-refractivity contribution < 1.29 is 0 Å². The Morgan fingerprint density at radius 2 is 1.73 bits per heavy atom. The summed E-state index contributed by atoms with van der Waals surface area (Å²) in [7, 11) is 0. The van der Waals surface area contributed by atoms with E-state index in [1.165, 1.54) is 42.4 Å². The summed E-state index contributed by atoms with van der Waals surface area (Å²) < 4.78 is 0. The highest BCUT2D eigenvalue weighted by atomic mass is 35.5. The van der Waals surface area contributed by atoms with Crippen molar-refractivity contribution in [3.8, 4) is 0 Å². The Kier molecular flexibility index (Phi) is 3.06. The molecule has 1 aromatic carbocycles. The van der Waals surface area contributed by atoms with Crippen LogP contribution in [-0.4, -0.2) is 5.88 Å². The van der Waals surface area contributed by atoms with Crippen LogP contribution in [0.4, 0.5) is 0 Å². The molecule has 0 radical (unpaired) electrons. The summed E-state index contributed by atoms with van der Waals surface area (Å²) in [5, 5.41) is 0. The first-order chi connectivity index (χ1) is 7.13. The molecule has 1 fully saturated rings. The molecule has 0 aliphatic heterocycles. The monoisotopic (exact) mass is 222 g/mol. The lowest BCUT2D eigenvalue weighted by atomic mass is 9.67. The molecule has 0 atom stereocenters. The third-order valence-electron chi connectivity index (χ3n) is 3.56. The SMILES string of the molecule is Cc1cc(C)cc(CC2(CCl)CCC2)c1. The highest BCUT2D eigenvalue weighted by molar-refractivity contribution is 6.18. The average Bonchev–Trinajstić information content (AvgIpc) is 2.10. The quantitative estimate of drug-likeness (QED) is 0.671. The van der Waals surface area contributed by atoms with Gasteiger partial charge in [0, 0.05) is 5.88 Å². The van der Waals surface area contributed by atoms with Crippen LogP contribution in [0.3, 0.4) is 0 Å². The summed E-state index contributed by atoms with van der Waals surface area (Å²) >= 11 is 6.09. The highest BCUT2D eigenvalue weighted by Crippen LogP contribution is 2.44. The lowest BCUT2D eigenvalue weighted by Crippen LogP contribution is -2.33. The second-order valence-electron chi connectivity index (χ2n) is 5.16. The molecule has 0 heterocycles. The van der Waals surface area contributed by atoms with E-state index >= 15 is 0 Å². The van der Waals surface area contributed by atoms with E-state index in [-0.39, 0.29) is 0 Å². The summed E-state index contributed by atoms with van der Waals surface area (Å²) in [5.74, 6) is 0.819. The van der Waals surface area contributed by atoms with Crippen LogP contribution in [0, 0.1) is 19.3 Å². The predicted molar refractivity (Wildman–Crippen MR) is 66.6 cm³/mol. The van der Waals surface area contributed by atoms with Crippen LogP contribution in [0.2, 0.25) is 0 Å². The zero-order valence-electron chi connectivity index (χ0n) is 9.65. The van der Waals surface area contributed by atoms with Gasteiger partial charge in [-0.25, -0.2) is 0 Å². The molecule has 1 heteroatoms. The van der Waals surface area contributed by atoms with Gasteiger partial charge in [0.25, 0.3) is 0 Å². The van der Waals surface area contributed by atoms with E-state index in [9.17, 15) is 0 Å². The second-order valence-corrected chi connectivity index (χ2v) is 5.43. The van der Waals surface area contributed by atoms with E-state index in [2.05, 4.69) is 32.0 Å². The molecule has 15 heavy (non-hydrogen) atoms. The molecular weight excluding hydrogens is 204 g/mol. The fraction of sp³-hybridized carbons (Fsp3) is 0.571. The van der Waals surface area contributed by atoms with Gasteiger partial charge >= 0.3 is 0 Å². The largest absolute Gasteiger partial charge is 0.126 e. The number of hydrogen-bond acceptors (Lipinski definition) is 0. The van der Waals surface area contributed by atoms with E-state index in [0.717, 1.165) is 5.88 Å². The van der Waals surface area contributed by atoms with Crippen LogP contribution in [0.1, 0.15) is 36.0 Å². The molecule has 0 nitrogen and oxygen atoms in total. The zero-order chi connectivity index (χ0) is 10.9. The highest BCUT2D eigenvalue weighted by Gasteiger charge is 2.35. The summed E-state index contributed by atoms with van der Waals surface area (Å²) in [4.78, 5) is 0. The Bertz CT molecular complexity index is 325. The van der Waals surface area contributed by atoms with Crippen LogP contribution in [0.5, 0.6) is 0 Å². The normalized spacial score (nSPS) is 18.6. The molecule has 1 aromatic rings. The molecule has 0 N–H and O–H groups in total. The predicted octanol–water partition coefficient (Wildman–Crippen LogP) is 4.26. The van der Waals surface area contributed by atoms with Gasteiger partial charge in [-0.2, -0.15) is 0 Å². The summed E-state index contributed by atoms with van der Waals surface area (Å²) in [6.07, 6.45) is 5.14. The molecule has 0 spiro atoms. The van der Waals surface area contributed by atoms with Crippen molar-refractivity contribution >= 4 is 11.6 Å². The first-order valence-corrected chi connectivity index (χ1v) is 6.30. The van der Waals surface area contributed by atoms with Gasteiger partial charge in [0.15, 0.2) is 0 Å². The fourth-order valence-electron chi connectivity index (χ4n) is 2.64. The molecule has 0 aromatic heterocycles. The lowest BCUT2D eigenvalue weighted by molar-refractivity contribution is 0.166. The number of hydrogen-bond donors (Lipinski definition) is 0. The van der Waals surface area contributed by atoms with E-state index < -0.39 is 0 Å². The maximum atomic E-state index is 6.09. The minimum absolute atomic E-state index is 0.418. The minimum Gasteiger partial charge on any atom is -0.126 e. The molecule has 2 rings (SSSR count). The molecule has 1 aliphatic rings. The molecule has 1 aliphatic carbocycles. The maximum absolute atomic E-state index is 6.09. The molecule has 82 valence electrons. The zero-order valence-corrected chi connectivity index (χ0v) is 10.4. The number of rotatable bonds is 3. The van der Waals surface area contributed by atoms with E-state index in [4.69, 9.17) is 11.6 Å². The topological polar surface area (TPSA) is 0 Å². The molecule has 0 unspecified atom stereocenters. The molecule has 0 saturated heterocycles. The molecular formula is C14H19Cl. The number of benzene rings is 1. The summed E-state index contributed by atoms with van der Waals surface area (Å²) in [6.45, 7) is 4.34. The van der Waals surface area contributed by atoms with Gasteiger partial charge in [-0.3, -0.25) is 0 Å². The molecule has 0 amide bonds. The third kappa shape index (κ3) is 2.36. The van der Waals surface area contributed by atoms with Crippen LogP contribution in [0.25, 0.3) is 0 Å². The molecule has 1 saturated carbocycles.